The minimum atomic E-state index is 0.733. The molecule has 0 amide bonds. The van der Waals surface area contributed by atoms with Gasteiger partial charge in [0.25, 0.3) is 0 Å². The molecule has 2 heterocycles. The van der Waals surface area contributed by atoms with Crippen molar-refractivity contribution in [3.8, 4) is 0 Å². The Balaban J connectivity index is 1.59. The van der Waals surface area contributed by atoms with E-state index in [1.165, 1.54) is 16.8 Å². The zero-order valence-electron chi connectivity index (χ0n) is 13.7. The molecular formula is C17H24N4O. The van der Waals surface area contributed by atoms with Crippen LogP contribution in [0.25, 0.3) is 0 Å². The average Bonchev–Trinajstić information content (AvgIpc) is 2.99. The number of nitrogens with zero attached hydrogens (tertiary/aromatic N) is 4. The van der Waals surface area contributed by atoms with Crippen molar-refractivity contribution in [2.45, 2.75) is 33.7 Å². The molecule has 5 heteroatoms. The van der Waals surface area contributed by atoms with Crippen LogP contribution in [0.4, 0.5) is 5.69 Å². The second kappa shape index (κ2) is 6.48. The molecule has 0 aliphatic carbocycles. The van der Waals surface area contributed by atoms with E-state index < -0.39 is 0 Å². The number of aromatic nitrogens is 2. The summed E-state index contributed by atoms with van der Waals surface area (Å²) in [6, 6.07) is 6.55. The van der Waals surface area contributed by atoms with E-state index in [1.54, 1.807) is 0 Å². The van der Waals surface area contributed by atoms with E-state index in [4.69, 9.17) is 4.52 Å². The van der Waals surface area contributed by atoms with Crippen molar-refractivity contribution >= 4 is 5.69 Å². The molecule has 1 aliphatic heterocycles. The van der Waals surface area contributed by atoms with Crippen LogP contribution in [0.1, 0.15) is 29.8 Å². The summed E-state index contributed by atoms with van der Waals surface area (Å²) in [4.78, 5) is 9.25. The molecule has 3 rings (SSSR count). The van der Waals surface area contributed by atoms with Crippen molar-refractivity contribution in [1.82, 2.24) is 15.0 Å². The predicted molar refractivity (Wildman–Crippen MR) is 87.1 cm³/mol. The SMILES string of the molecule is CCc1noc(CN2CCN(c3cccc(C)c3C)CC2)n1. The third-order valence-corrected chi connectivity index (χ3v) is 4.47. The number of benzene rings is 1. The van der Waals surface area contributed by atoms with E-state index >= 15 is 0 Å². The second-order valence-corrected chi connectivity index (χ2v) is 5.94. The van der Waals surface area contributed by atoms with Crippen LogP contribution in [0.2, 0.25) is 0 Å². The van der Waals surface area contributed by atoms with Crippen molar-refractivity contribution < 1.29 is 4.52 Å². The Morgan fingerprint density at radius 3 is 2.59 bits per heavy atom. The fraction of sp³-hybridized carbons (Fsp3) is 0.529. The molecule has 0 saturated carbocycles. The molecule has 0 bridgehead atoms. The molecule has 118 valence electrons. The molecule has 0 atom stereocenters. The van der Waals surface area contributed by atoms with Crippen LogP contribution >= 0.6 is 0 Å². The molecule has 22 heavy (non-hydrogen) atoms. The van der Waals surface area contributed by atoms with Gasteiger partial charge in [0.2, 0.25) is 5.89 Å². The van der Waals surface area contributed by atoms with E-state index in [1.807, 2.05) is 6.92 Å². The van der Waals surface area contributed by atoms with Gasteiger partial charge in [-0.1, -0.05) is 24.2 Å². The number of anilines is 1. The smallest absolute Gasteiger partial charge is 0.240 e. The highest BCUT2D eigenvalue weighted by Gasteiger charge is 2.20. The second-order valence-electron chi connectivity index (χ2n) is 5.94. The number of aryl methyl sites for hydroxylation is 2. The molecule has 1 saturated heterocycles. The van der Waals surface area contributed by atoms with Gasteiger partial charge in [0.1, 0.15) is 0 Å². The summed E-state index contributed by atoms with van der Waals surface area (Å²) in [7, 11) is 0. The van der Waals surface area contributed by atoms with E-state index in [-0.39, 0.29) is 0 Å². The monoisotopic (exact) mass is 300 g/mol. The summed E-state index contributed by atoms with van der Waals surface area (Å²) in [6.07, 6.45) is 0.823. The van der Waals surface area contributed by atoms with Crippen molar-refractivity contribution in [2.24, 2.45) is 0 Å². The lowest BCUT2D eigenvalue weighted by Crippen LogP contribution is -2.46. The number of hydrogen-bond acceptors (Lipinski definition) is 5. The van der Waals surface area contributed by atoms with Crippen molar-refractivity contribution in [3.05, 3.63) is 41.0 Å². The third-order valence-electron chi connectivity index (χ3n) is 4.47. The maximum atomic E-state index is 5.29. The van der Waals surface area contributed by atoms with Gasteiger partial charge in [-0.05, 0) is 31.0 Å². The van der Waals surface area contributed by atoms with Crippen molar-refractivity contribution in [3.63, 3.8) is 0 Å². The summed E-state index contributed by atoms with van der Waals surface area (Å²) >= 11 is 0. The number of hydrogen-bond donors (Lipinski definition) is 0. The summed E-state index contributed by atoms with van der Waals surface area (Å²) in [5, 5.41) is 3.96. The fourth-order valence-corrected chi connectivity index (χ4v) is 2.91. The Labute approximate surface area is 131 Å². The van der Waals surface area contributed by atoms with Gasteiger partial charge in [0.15, 0.2) is 5.82 Å². The normalized spacial score (nSPS) is 16.2. The summed E-state index contributed by atoms with van der Waals surface area (Å²) < 4.78 is 5.29. The van der Waals surface area contributed by atoms with Crippen LogP contribution in [-0.2, 0) is 13.0 Å². The Hall–Kier alpha value is -1.88. The Morgan fingerprint density at radius 2 is 1.91 bits per heavy atom. The number of rotatable bonds is 4. The van der Waals surface area contributed by atoms with Crippen LogP contribution in [-0.4, -0.2) is 41.2 Å². The van der Waals surface area contributed by atoms with E-state index in [2.05, 4.69) is 52.0 Å². The molecule has 1 aromatic carbocycles. The highest BCUT2D eigenvalue weighted by molar-refractivity contribution is 5.56. The van der Waals surface area contributed by atoms with Crippen LogP contribution in [0.15, 0.2) is 22.7 Å². The van der Waals surface area contributed by atoms with Crippen molar-refractivity contribution in [2.75, 3.05) is 31.1 Å². The van der Waals surface area contributed by atoms with Gasteiger partial charge in [-0.2, -0.15) is 4.98 Å². The Bertz CT molecular complexity index is 629. The first-order valence-corrected chi connectivity index (χ1v) is 8.02. The van der Waals surface area contributed by atoms with Crippen LogP contribution in [0, 0.1) is 13.8 Å². The molecule has 5 nitrogen and oxygen atoms in total. The lowest BCUT2D eigenvalue weighted by molar-refractivity contribution is 0.215. The van der Waals surface area contributed by atoms with Gasteiger partial charge in [-0.25, -0.2) is 0 Å². The van der Waals surface area contributed by atoms with Gasteiger partial charge in [0.05, 0.1) is 6.54 Å². The lowest BCUT2D eigenvalue weighted by Gasteiger charge is -2.36. The maximum Gasteiger partial charge on any atom is 0.240 e. The van der Waals surface area contributed by atoms with Gasteiger partial charge in [0, 0.05) is 38.3 Å². The lowest BCUT2D eigenvalue weighted by atomic mass is 10.1. The molecular weight excluding hydrogens is 276 g/mol. The summed E-state index contributed by atoms with van der Waals surface area (Å²) in [6.45, 7) is 11.3. The summed E-state index contributed by atoms with van der Waals surface area (Å²) in [5.74, 6) is 1.53. The van der Waals surface area contributed by atoms with E-state index in [9.17, 15) is 0 Å². The first kappa shape index (κ1) is 15.0. The topological polar surface area (TPSA) is 45.4 Å². The molecule has 1 aromatic heterocycles. The first-order valence-electron chi connectivity index (χ1n) is 8.02. The Kier molecular flexibility index (Phi) is 4.43. The predicted octanol–water partition coefficient (Wildman–Crippen LogP) is 2.57. The molecule has 1 fully saturated rings. The largest absolute Gasteiger partial charge is 0.369 e. The maximum absolute atomic E-state index is 5.29. The highest BCUT2D eigenvalue weighted by Crippen LogP contribution is 2.24. The molecule has 0 unspecified atom stereocenters. The minimum Gasteiger partial charge on any atom is -0.369 e. The van der Waals surface area contributed by atoms with Gasteiger partial charge >= 0.3 is 0 Å². The molecule has 0 N–H and O–H groups in total. The minimum absolute atomic E-state index is 0.733. The van der Waals surface area contributed by atoms with Gasteiger partial charge in [-0.3, -0.25) is 4.90 Å². The van der Waals surface area contributed by atoms with Crippen LogP contribution < -0.4 is 4.90 Å². The summed E-state index contributed by atoms with van der Waals surface area (Å²) in [5.41, 5.74) is 4.11. The fourth-order valence-electron chi connectivity index (χ4n) is 2.91. The molecule has 1 aliphatic rings. The van der Waals surface area contributed by atoms with E-state index in [0.717, 1.165) is 50.9 Å². The van der Waals surface area contributed by atoms with Gasteiger partial charge in [-0.15, -0.1) is 0 Å². The van der Waals surface area contributed by atoms with Crippen LogP contribution in [0.5, 0.6) is 0 Å². The molecule has 0 radical (unpaired) electrons. The Morgan fingerprint density at radius 1 is 1.14 bits per heavy atom. The van der Waals surface area contributed by atoms with E-state index in [0.29, 0.717) is 0 Å². The zero-order chi connectivity index (χ0) is 15.5. The van der Waals surface area contributed by atoms with Crippen molar-refractivity contribution in [1.29, 1.82) is 0 Å². The number of piperazine rings is 1. The average molecular weight is 300 g/mol. The zero-order valence-corrected chi connectivity index (χ0v) is 13.7. The molecule has 2 aromatic rings. The standard InChI is InChI=1S/C17H24N4O/c1-4-16-18-17(22-19-16)12-20-8-10-21(11-9-20)15-7-5-6-13(2)14(15)3/h5-7H,4,8-12H2,1-3H3. The first-order chi connectivity index (χ1) is 10.7. The molecule has 0 spiro atoms. The van der Waals surface area contributed by atoms with Gasteiger partial charge < -0.3 is 9.42 Å². The van der Waals surface area contributed by atoms with Crippen LogP contribution in [0.3, 0.4) is 0 Å². The highest BCUT2D eigenvalue weighted by atomic mass is 16.5. The quantitative estimate of drug-likeness (QED) is 0.868. The third kappa shape index (κ3) is 3.14.